The number of carbonyl (C=O) groups is 4. The molecule has 0 aliphatic carbocycles. The summed E-state index contributed by atoms with van der Waals surface area (Å²) < 4.78 is 46.0. The fourth-order valence-electron chi connectivity index (χ4n) is 11.3. The van der Waals surface area contributed by atoms with E-state index in [1.165, 1.54) is 34.1 Å². The highest BCUT2D eigenvalue weighted by Crippen LogP contribution is 2.41. The predicted molar refractivity (Wildman–Crippen MR) is 277 cm³/mol. The van der Waals surface area contributed by atoms with Crippen molar-refractivity contribution in [3.63, 3.8) is 0 Å². The number of cyclic esters (lactones) is 1. The normalized spacial score (nSPS) is 37.5. The molecule has 18 atom stereocenters. The number of pyridine rings is 1. The third kappa shape index (κ3) is 14.1. The van der Waals surface area contributed by atoms with Crippen LogP contribution in [0, 0.1) is 23.7 Å². The Kier molecular flexibility index (Phi) is 21.0. The lowest BCUT2D eigenvalue weighted by Gasteiger charge is -2.49. The number of carboxylic acids is 1. The first-order valence-corrected chi connectivity index (χ1v) is 26.5. The number of methoxy groups -OCH3 is 1. The van der Waals surface area contributed by atoms with Gasteiger partial charge in [-0.3, -0.25) is 19.2 Å². The summed E-state index contributed by atoms with van der Waals surface area (Å²) in [6.07, 6.45) is -9.24. The Labute approximate surface area is 440 Å². The first-order valence-electron chi connectivity index (χ1n) is 26.5. The maximum Gasteiger partial charge on any atom is 0.341 e. The number of rotatable bonds is 17. The number of aliphatic hydroxyl groups is 4. The van der Waals surface area contributed by atoms with Crippen molar-refractivity contribution >= 4 is 40.3 Å². The minimum absolute atomic E-state index is 0.000875. The van der Waals surface area contributed by atoms with Crippen LogP contribution in [0.2, 0.25) is 0 Å². The molecule has 0 saturated carbocycles. The number of nitrogens with zero attached hydrogens (tertiary/aromatic N) is 2. The van der Waals surface area contributed by atoms with Gasteiger partial charge in [0.1, 0.15) is 34.8 Å². The standard InChI is InChI=1S/C54H86N4O17/c1-15-39-54(11,68)46(63)30(5)42(60)28(3)25-52(9,67)47(75-51-44(62)38(57(12)13)23-29(4)70-51)31(6)45(32(7)50(66)72-39)74-41-26-53(10,69-14)48(33(8)71-41)73-40(59)19-20-55-21-22-56-34-17-18-35-37(24-34)58(16-2)27-36(43(35)61)49(64)65/h17-18,24,27-33,38-39,41,44-48,51,55-56,62-63,67-68H,15-16,19-23,25-26H2,1-14H3,(H,64,65)/t28-,29-,30+,31+,32-,33+,38+,39-,41+,44-,45+,46-,47-,48+,51+,52-,53-,54-/m1/s1. The van der Waals surface area contributed by atoms with Crippen LogP contribution in [-0.4, -0.2) is 184 Å². The average molecular weight is 1060 g/mol. The number of carboxylic acid groups (broad SMARTS) is 1. The zero-order valence-electron chi connectivity index (χ0n) is 46.4. The number of aromatic carboxylic acids is 1. The molecule has 7 N–H and O–H groups in total. The number of carbonyl (C=O) groups excluding carboxylic acids is 3. The van der Waals surface area contributed by atoms with Crippen LogP contribution in [0.3, 0.4) is 0 Å². The van der Waals surface area contributed by atoms with Crippen molar-refractivity contribution in [1.29, 1.82) is 0 Å². The van der Waals surface area contributed by atoms with Gasteiger partial charge in [0.15, 0.2) is 18.7 Å². The molecule has 0 bridgehead atoms. The Hall–Kier alpha value is -4.13. The van der Waals surface area contributed by atoms with Crippen molar-refractivity contribution in [1.82, 2.24) is 14.8 Å². The number of likely N-dealkylation sites (N-methyl/N-ethyl adjacent to an activating group) is 1. The Morgan fingerprint density at radius 3 is 2.20 bits per heavy atom. The van der Waals surface area contributed by atoms with Gasteiger partial charge < -0.3 is 78.8 Å². The number of aromatic nitrogens is 1. The number of hydrogen-bond acceptors (Lipinski definition) is 19. The van der Waals surface area contributed by atoms with E-state index in [9.17, 15) is 49.5 Å². The molecule has 0 unspecified atom stereocenters. The number of ether oxygens (including phenoxy) is 7. The van der Waals surface area contributed by atoms with Crippen LogP contribution >= 0.6 is 0 Å². The summed E-state index contributed by atoms with van der Waals surface area (Å²) in [5, 5.41) is 63.9. The number of aryl methyl sites for hydroxylation is 1. The summed E-state index contributed by atoms with van der Waals surface area (Å²) in [7, 11) is 5.14. The van der Waals surface area contributed by atoms with E-state index < -0.39 is 125 Å². The molecule has 5 rings (SSSR count). The number of ketones is 1. The van der Waals surface area contributed by atoms with Gasteiger partial charge in [-0.15, -0.1) is 0 Å². The highest BCUT2D eigenvalue weighted by Gasteiger charge is 2.54. The maximum atomic E-state index is 14.5. The Morgan fingerprint density at radius 2 is 1.59 bits per heavy atom. The Balaban J connectivity index is 1.33. The molecule has 0 spiro atoms. The van der Waals surface area contributed by atoms with Gasteiger partial charge in [0.2, 0.25) is 5.43 Å². The number of benzene rings is 1. The van der Waals surface area contributed by atoms with Gasteiger partial charge in [-0.05, 0) is 100 Å². The monoisotopic (exact) mass is 1060 g/mol. The number of esters is 2. The minimum Gasteiger partial charge on any atom is -0.477 e. The zero-order chi connectivity index (χ0) is 56.1. The SMILES string of the molecule is CC[C@H]1OC(=O)[C@H](C)[C@@H](O[C@H]2C[C@@](C)(OC)[C@@H](OC(=O)CCNCCNc3ccc4c(=O)c(C(=O)O)cn(CC)c4c3)[C@H](C)O2)[C@H](C)[C@@H](O[C@@H]2O[C@H](C)C[C@H](N(C)C)[C@H]2O)[C@](C)(O)C[C@@H](C)C(=O)[C@H](C)[C@@H](O)[C@]1(C)O. The average Bonchev–Trinajstić information content (AvgIpc) is 3.35. The van der Waals surface area contributed by atoms with Crippen LogP contribution in [-0.2, 0) is 54.1 Å². The molecule has 3 fully saturated rings. The number of Topliss-reactive ketones (excluding diaryl/α,β-unsaturated/α-hetero) is 1. The summed E-state index contributed by atoms with van der Waals surface area (Å²) in [6, 6.07) is 4.73. The summed E-state index contributed by atoms with van der Waals surface area (Å²) in [5.41, 5.74) is -4.62. The van der Waals surface area contributed by atoms with Crippen molar-refractivity contribution in [2.24, 2.45) is 23.7 Å². The van der Waals surface area contributed by atoms with Crippen LogP contribution in [0.15, 0.2) is 29.2 Å². The fraction of sp³-hybridized carbons (Fsp3) is 0.759. The third-order valence-electron chi connectivity index (χ3n) is 15.8. The van der Waals surface area contributed by atoms with E-state index in [0.717, 1.165) is 5.69 Å². The third-order valence-corrected chi connectivity index (χ3v) is 15.8. The first kappa shape index (κ1) is 61.7. The van der Waals surface area contributed by atoms with Crippen LogP contribution in [0.4, 0.5) is 5.69 Å². The molecule has 21 heteroatoms. The molecule has 3 aliphatic heterocycles. The van der Waals surface area contributed by atoms with Crippen LogP contribution in [0.1, 0.15) is 119 Å². The number of nitrogens with one attached hydrogen (secondary N) is 2. The van der Waals surface area contributed by atoms with E-state index in [1.54, 1.807) is 64.3 Å². The van der Waals surface area contributed by atoms with E-state index in [1.807, 2.05) is 32.8 Å². The summed E-state index contributed by atoms with van der Waals surface area (Å²) in [4.78, 5) is 68.2. The van der Waals surface area contributed by atoms with E-state index in [0.29, 0.717) is 37.0 Å². The quantitative estimate of drug-likeness (QED) is 0.0882. The molecule has 1 aromatic carbocycles. The second-order valence-electron chi connectivity index (χ2n) is 22.1. The molecule has 1 aromatic heterocycles. The smallest absolute Gasteiger partial charge is 0.341 e. The molecular formula is C54H86N4O17. The van der Waals surface area contributed by atoms with Crippen molar-refractivity contribution in [2.75, 3.05) is 46.2 Å². The Morgan fingerprint density at radius 1 is 0.907 bits per heavy atom. The van der Waals surface area contributed by atoms with Gasteiger partial charge in [-0.25, -0.2) is 4.79 Å². The number of hydrogen-bond donors (Lipinski definition) is 7. The molecule has 424 valence electrons. The van der Waals surface area contributed by atoms with Gasteiger partial charge in [0.25, 0.3) is 0 Å². The Bertz CT molecular complexity index is 2340. The van der Waals surface area contributed by atoms with E-state index in [2.05, 4.69) is 10.6 Å². The van der Waals surface area contributed by atoms with Gasteiger partial charge in [-0.2, -0.15) is 0 Å². The highest BCUT2D eigenvalue weighted by atomic mass is 16.7. The zero-order valence-corrected chi connectivity index (χ0v) is 46.4. The lowest BCUT2D eigenvalue weighted by molar-refractivity contribution is -0.318. The number of fused-ring (bicyclic) bond motifs is 1. The van der Waals surface area contributed by atoms with E-state index in [-0.39, 0.29) is 49.9 Å². The number of aliphatic hydroxyl groups excluding tert-OH is 2. The second-order valence-corrected chi connectivity index (χ2v) is 22.1. The van der Waals surface area contributed by atoms with Crippen LogP contribution < -0.4 is 16.1 Å². The lowest BCUT2D eigenvalue weighted by Crippen LogP contribution is -2.61. The largest absolute Gasteiger partial charge is 0.477 e. The van der Waals surface area contributed by atoms with Gasteiger partial charge in [-0.1, -0.05) is 27.7 Å². The topological polar surface area (TPSA) is 283 Å². The fourth-order valence-corrected chi connectivity index (χ4v) is 11.3. The predicted octanol–water partition coefficient (Wildman–Crippen LogP) is 3.46. The van der Waals surface area contributed by atoms with Gasteiger partial charge >= 0.3 is 17.9 Å². The summed E-state index contributed by atoms with van der Waals surface area (Å²) in [5.74, 6) is -7.15. The summed E-state index contributed by atoms with van der Waals surface area (Å²) in [6.45, 7) is 19.8. The molecule has 2 aromatic rings. The maximum absolute atomic E-state index is 14.5. The molecule has 3 aliphatic rings. The van der Waals surface area contributed by atoms with E-state index in [4.69, 9.17) is 33.2 Å². The van der Waals surface area contributed by atoms with Gasteiger partial charge in [0, 0.05) is 80.8 Å². The molecule has 21 nitrogen and oxygen atoms in total. The molecule has 0 radical (unpaired) electrons. The van der Waals surface area contributed by atoms with Crippen molar-refractivity contribution in [2.45, 2.75) is 199 Å². The molecular weight excluding hydrogens is 977 g/mol. The highest BCUT2D eigenvalue weighted by molar-refractivity contribution is 5.93. The van der Waals surface area contributed by atoms with Crippen molar-refractivity contribution in [3.05, 3.63) is 40.2 Å². The number of anilines is 1. The summed E-state index contributed by atoms with van der Waals surface area (Å²) >= 11 is 0. The first-order chi connectivity index (χ1) is 35.0. The second kappa shape index (κ2) is 25.6. The minimum atomic E-state index is -2.06. The molecule has 75 heavy (non-hydrogen) atoms. The van der Waals surface area contributed by atoms with Crippen LogP contribution in [0.25, 0.3) is 10.9 Å². The van der Waals surface area contributed by atoms with Gasteiger partial charge in [0.05, 0.1) is 54.0 Å². The molecule has 0 amide bonds. The van der Waals surface area contributed by atoms with Crippen molar-refractivity contribution in [3.8, 4) is 0 Å². The van der Waals surface area contributed by atoms with Crippen molar-refractivity contribution < 1.29 is 77.9 Å². The molecule has 4 heterocycles. The lowest BCUT2D eigenvalue weighted by atomic mass is 9.74. The molecule has 3 saturated heterocycles. The van der Waals surface area contributed by atoms with Crippen LogP contribution in [0.5, 0.6) is 0 Å². The van der Waals surface area contributed by atoms with E-state index >= 15 is 0 Å².